The number of halogens is 2. The van der Waals surface area contributed by atoms with Gasteiger partial charge in [0.2, 0.25) is 0 Å². The first-order valence-electron chi connectivity index (χ1n) is 6.30. The van der Waals surface area contributed by atoms with E-state index in [4.69, 9.17) is 5.73 Å². The van der Waals surface area contributed by atoms with E-state index in [1.54, 1.807) is 18.2 Å². The van der Waals surface area contributed by atoms with Crippen LogP contribution >= 0.6 is 0 Å². The predicted octanol–water partition coefficient (Wildman–Crippen LogP) is 2.52. The molecule has 0 bridgehead atoms. The van der Waals surface area contributed by atoms with Gasteiger partial charge in [0.1, 0.15) is 11.6 Å². The average Bonchev–Trinajstić information content (AvgIpc) is 2.48. The molecule has 4 N–H and O–H groups in total. The first kappa shape index (κ1) is 14.8. The lowest BCUT2D eigenvalue weighted by Gasteiger charge is -2.11. The van der Waals surface area contributed by atoms with E-state index < -0.39 is 11.6 Å². The molecule has 2 rings (SSSR count). The summed E-state index contributed by atoms with van der Waals surface area (Å²) in [7, 11) is 1.52. The summed E-state index contributed by atoms with van der Waals surface area (Å²) in [6.45, 7) is 0.0605. The molecule has 0 heterocycles. The third kappa shape index (κ3) is 3.47. The maximum absolute atomic E-state index is 13.5. The van der Waals surface area contributed by atoms with Crippen molar-refractivity contribution >= 4 is 17.3 Å². The number of anilines is 2. The van der Waals surface area contributed by atoms with Gasteiger partial charge in [-0.1, -0.05) is 0 Å². The first-order valence-corrected chi connectivity index (χ1v) is 6.30. The van der Waals surface area contributed by atoms with Gasteiger partial charge in [-0.05, 0) is 36.4 Å². The van der Waals surface area contributed by atoms with Crippen LogP contribution in [0.1, 0.15) is 15.9 Å². The third-order valence-corrected chi connectivity index (χ3v) is 3.02. The van der Waals surface area contributed by atoms with Crippen LogP contribution in [0.5, 0.6) is 0 Å². The molecule has 21 heavy (non-hydrogen) atoms. The second-order valence-corrected chi connectivity index (χ2v) is 4.47. The monoisotopic (exact) mass is 291 g/mol. The molecule has 0 unspecified atom stereocenters. The van der Waals surface area contributed by atoms with Crippen LogP contribution in [0.2, 0.25) is 0 Å². The number of carbonyl (C=O) groups is 1. The topological polar surface area (TPSA) is 67.2 Å². The van der Waals surface area contributed by atoms with Gasteiger partial charge in [0.05, 0.1) is 11.4 Å². The Bertz CT molecular complexity index is 674. The van der Waals surface area contributed by atoms with Gasteiger partial charge in [-0.3, -0.25) is 4.79 Å². The zero-order chi connectivity index (χ0) is 15.4. The number of rotatable bonds is 4. The van der Waals surface area contributed by atoms with E-state index in [1.807, 2.05) is 0 Å². The Labute approximate surface area is 121 Å². The summed E-state index contributed by atoms with van der Waals surface area (Å²) in [5, 5.41) is 5.41. The Morgan fingerprint density at radius 1 is 1.19 bits per heavy atom. The lowest BCUT2D eigenvalue weighted by atomic mass is 10.1. The minimum atomic E-state index is -0.514. The molecular formula is C15H15F2N3O. The second kappa shape index (κ2) is 6.21. The van der Waals surface area contributed by atoms with Gasteiger partial charge in [0.15, 0.2) is 0 Å². The van der Waals surface area contributed by atoms with Crippen molar-refractivity contribution in [2.24, 2.45) is 0 Å². The molecule has 0 saturated carbocycles. The van der Waals surface area contributed by atoms with Crippen molar-refractivity contribution in [3.05, 3.63) is 59.2 Å². The molecular weight excluding hydrogens is 276 g/mol. The highest BCUT2D eigenvalue weighted by Crippen LogP contribution is 2.21. The van der Waals surface area contributed by atoms with Crippen LogP contribution in [0.25, 0.3) is 0 Å². The fourth-order valence-corrected chi connectivity index (χ4v) is 1.86. The SMILES string of the molecule is CNC(=O)c1ccc(N)c(NCc2cc(F)ccc2F)c1. The Balaban J connectivity index is 2.19. The summed E-state index contributed by atoms with van der Waals surface area (Å²) in [4.78, 5) is 11.6. The number of nitrogens with one attached hydrogen (secondary N) is 2. The van der Waals surface area contributed by atoms with Gasteiger partial charge in [-0.15, -0.1) is 0 Å². The lowest BCUT2D eigenvalue weighted by molar-refractivity contribution is 0.0963. The van der Waals surface area contributed by atoms with Crippen LogP contribution in [0.4, 0.5) is 20.2 Å². The quantitative estimate of drug-likeness (QED) is 0.758. The second-order valence-electron chi connectivity index (χ2n) is 4.47. The summed E-state index contributed by atoms with van der Waals surface area (Å²) in [5.74, 6) is -1.28. The summed E-state index contributed by atoms with van der Waals surface area (Å²) in [6, 6.07) is 7.96. The van der Waals surface area contributed by atoms with E-state index >= 15 is 0 Å². The molecule has 0 radical (unpaired) electrons. The van der Waals surface area contributed by atoms with Crippen molar-refractivity contribution in [2.45, 2.75) is 6.54 Å². The highest BCUT2D eigenvalue weighted by molar-refractivity contribution is 5.96. The molecule has 0 aliphatic heterocycles. The van der Waals surface area contributed by atoms with E-state index in [0.717, 1.165) is 18.2 Å². The normalized spacial score (nSPS) is 10.2. The van der Waals surface area contributed by atoms with Crippen LogP contribution < -0.4 is 16.4 Å². The standard InChI is InChI=1S/C15H15F2N3O/c1-19-15(21)9-2-5-13(18)14(7-9)20-8-10-6-11(16)3-4-12(10)17/h2-7,20H,8,18H2,1H3,(H,19,21). The molecule has 0 atom stereocenters. The van der Waals surface area contributed by atoms with Crippen LogP contribution in [-0.2, 0) is 6.54 Å². The van der Waals surface area contributed by atoms with Gasteiger partial charge >= 0.3 is 0 Å². The number of nitrogens with two attached hydrogens (primary N) is 1. The van der Waals surface area contributed by atoms with Gasteiger partial charge < -0.3 is 16.4 Å². The molecule has 0 aliphatic carbocycles. The van der Waals surface area contributed by atoms with Crippen molar-refractivity contribution in [2.75, 3.05) is 18.1 Å². The minimum absolute atomic E-state index is 0.0605. The van der Waals surface area contributed by atoms with Crippen LogP contribution in [0, 0.1) is 11.6 Å². The summed E-state index contributed by atoms with van der Waals surface area (Å²) >= 11 is 0. The largest absolute Gasteiger partial charge is 0.397 e. The fourth-order valence-electron chi connectivity index (χ4n) is 1.86. The van der Waals surface area contributed by atoms with Gasteiger partial charge in [-0.25, -0.2) is 8.78 Å². The minimum Gasteiger partial charge on any atom is -0.397 e. The Kier molecular flexibility index (Phi) is 4.37. The lowest BCUT2D eigenvalue weighted by Crippen LogP contribution is -2.18. The zero-order valence-corrected chi connectivity index (χ0v) is 11.4. The Hall–Kier alpha value is -2.63. The molecule has 4 nitrogen and oxygen atoms in total. The summed E-state index contributed by atoms with van der Waals surface area (Å²) in [6.07, 6.45) is 0. The smallest absolute Gasteiger partial charge is 0.251 e. The molecule has 0 spiro atoms. The van der Waals surface area contributed by atoms with Crippen molar-refractivity contribution < 1.29 is 13.6 Å². The molecule has 1 amide bonds. The first-order chi connectivity index (χ1) is 10.0. The molecule has 0 fully saturated rings. The molecule has 0 saturated heterocycles. The van der Waals surface area contributed by atoms with Crippen molar-refractivity contribution in [3.63, 3.8) is 0 Å². The Morgan fingerprint density at radius 2 is 1.95 bits per heavy atom. The number of nitrogen functional groups attached to an aromatic ring is 1. The highest BCUT2D eigenvalue weighted by atomic mass is 19.1. The van der Waals surface area contributed by atoms with Crippen molar-refractivity contribution in [1.82, 2.24) is 5.32 Å². The number of benzene rings is 2. The van der Waals surface area contributed by atoms with Gasteiger partial charge in [0, 0.05) is 24.7 Å². The molecule has 2 aromatic carbocycles. The summed E-state index contributed by atoms with van der Waals surface area (Å²) in [5.41, 5.74) is 7.31. The third-order valence-electron chi connectivity index (χ3n) is 3.02. The van der Waals surface area contributed by atoms with Gasteiger partial charge in [0.25, 0.3) is 5.91 Å². The maximum Gasteiger partial charge on any atom is 0.251 e. The zero-order valence-electron chi connectivity index (χ0n) is 11.4. The fraction of sp³-hybridized carbons (Fsp3) is 0.133. The van der Waals surface area contributed by atoms with Crippen LogP contribution in [0.15, 0.2) is 36.4 Å². The molecule has 110 valence electrons. The van der Waals surface area contributed by atoms with Crippen LogP contribution in [-0.4, -0.2) is 13.0 Å². The summed E-state index contributed by atoms with van der Waals surface area (Å²) < 4.78 is 26.6. The number of carbonyl (C=O) groups excluding carboxylic acids is 1. The van der Waals surface area contributed by atoms with E-state index in [1.165, 1.54) is 7.05 Å². The predicted molar refractivity (Wildman–Crippen MR) is 77.9 cm³/mol. The maximum atomic E-state index is 13.5. The molecule has 6 heteroatoms. The van der Waals surface area contributed by atoms with E-state index in [2.05, 4.69) is 10.6 Å². The van der Waals surface area contributed by atoms with E-state index in [-0.39, 0.29) is 18.0 Å². The van der Waals surface area contributed by atoms with Crippen LogP contribution in [0.3, 0.4) is 0 Å². The molecule has 0 aliphatic rings. The van der Waals surface area contributed by atoms with E-state index in [0.29, 0.717) is 16.9 Å². The molecule has 0 aromatic heterocycles. The van der Waals surface area contributed by atoms with Gasteiger partial charge in [-0.2, -0.15) is 0 Å². The number of hydrogen-bond donors (Lipinski definition) is 3. The number of amides is 1. The van der Waals surface area contributed by atoms with E-state index in [9.17, 15) is 13.6 Å². The van der Waals surface area contributed by atoms with Crippen molar-refractivity contribution in [3.8, 4) is 0 Å². The Morgan fingerprint density at radius 3 is 2.67 bits per heavy atom. The average molecular weight is 291 g/mol. The molecule has 2 aromatic rings. The number of hydrogen-bond acceptors (Lipinski definition) is 3. The van der Waals surface area contributed by atoms with Crippen molar-refractivity contribution in [1.29, 1.82) is 0 Å². The highest BCUT2D eigenvalue weighted by Gasteiger charge is 2.08.